The van der Waals surface area contributed by atoms with E-state index < -0.39 is 10.0 Å². The predicted octanol–water partition coefficient (Wildman–Crippen LogP) is 1.07. The van der Waals surface area contributed by atoms with Gasteiger partial charge in [0.05, 0.1) is 17.4 Å². The highest BCUT2D eigenvalue weighted by Gasteiger charge is 2.33. The molecule has 5 nitrogen and oxygen atoms in total. The first-order valence-electron chi connectivity index (χ1n) is 6.70. The lowest BCUT2D eigenvalue weighted by Gasteiger charge is -2.23. The van der Waals surface area contributed by atoms with E-state index in [4.69, 9.17) is 5.26 Å². The van der Waals surface area contributed by atoms with Gasteiger partial charge in [-0.25, -0.2) is 8.42 Å². The number of hydrogen-bond acceptors (Lipinski definition) is 4. The molecule has 0 bridgehead atoms. The molecule has 1 atom stereocenters. The quantitative estimate of drug-likeness (QED) is 0.881. The van der Waals surface area contributed by atoms with Crippen molar-refractivity contribution in [2.24, 2.45) is 0 Å². The number of rotatable bonds is 5. The SMILES string of the molecule is CNCC1CCCN1S(=O)(=O)Cc1cccc(C#N)c1. The van der Waals surface area contributed by atoms with E-state index >= 15 is 0 Å². The van der Waals surface area contributed by atoms with Crippen LogP contribution in [0.2, 0.25) is 0 Å². The fourth-order valence-electron chi connectivity index (χ4n) is 2.64. The molecule has 0 spiro atoms. The minimum atomic E-state index is -3.33. The van der Waals surface area contributed by atoms with E-state index in [1.54, 1.807) is 28.6 Å². The summed E-state index contributed by atoms with van der Waals surface area (Å²) in [5, 5.41) is 11.9. The van der Waals surface area contributed by atoms with Crippen molar-refractivity contribution in [2.45, 2.75) is 24.6 Å². The number of benzene rings is 1. The molecule has 0 saturated carbocycles. The lowest BCUT2D eigenvalue weighted by molar-refractivity contribution is 0.378. The van der Waals surface area contributed by atoms with Gasteiger partial charge in [0.1, 0.15) is 0 Å². The van der Waals surface area contributed by atoms with E-state index in [1.807, 2.05) is 13.1 Å². The van der Waals surface area contributed by atoms with Gasteiger partial charge in [0.25, 0.3) is 0 Å². The van der Waals surface area contributed by atoms with Crippen molar-refractivity contribution in [3.8, 4) is 6.07 Å². The smallest absolute Gasteiger partial charge is 0.218 e. The van der Waals surface area contributed by atoms with Crippen LogP contribution in [-0.4, -0.2) is 38.9 Å². The summed E-state index contributed by atoms with van der Waals surface area (Å²) in [7, 11) is -1.49. The van der Waals surface area contributed by atoms with E-state index in [0.29, 0.717) is 24.2 Å². The molecule has 0 aliphatic carbocycles. The number of hydrogen-bond donors (Lipinski definition) is 1. The van der Waals surface area contributed by atoms with Crippen LogP contribution < -0.4 is 5.32 Å². The van der Waals surface area contributed by atoms with Crippen molar-refractivity contribution in [1.29, 1.82) is 5.26 Å². The highest BCUT2D eigenvalue weighted by molar-refractivity contribution is 7.88. The van der Waals surface area contributed by atoms with Gasteiger partial charge in [0, 0.05) is 19.1 Å². The summed E-state index contributed by atoms with van der Waals surface area (Å²) < 4.78 is 26.6. The summed E-state index contributed by atoms with van der Waals surface area (Å²) in [5.41, 5.74) is 1.16. The Balaban J connectivity index is 2.16. The van der Waals surface area contributed by atoms with Crippen molar-refractivity contribution < 1.29 is 8.42 Å². The molecule has 1 aromatic carbocycles. The molecule has 1 unspecified atom stereocenters. The number of likely N-dealkylation sites (N-methyl/N-ethyl adjacent to an activating group) is 1. The standard InChI is InChI=1S/C14H19N3O2S/c1-16-10-14-6-3-7-17(14)20(18,19)11-13-5-2-4-12(8-13)9-15/h2,4-5,8,14,16H,3,6-7,10-11H2,1H3. The van der Waals surface area contributed by atoms with Crippen molar-refractivity contribution in [2.75, 3.05) is 20.1 Å². The zero-order valence-electron chi connectivity index (χ0n) is 11.5. The van der Waals surface area contributed by atoms with Crippen molar-refractivity contribution in [1.82, 2.24) is 9.62 Å². The van der Waals surface area contributed by atoms with E-state index in [0.717, 1.165) is 12.8 Å². The van der Waals surface area contributed by atoms with Gasteiger partial charge >= 0.3 is 0 Å². The average Bonchev–Trinajstić information content (AvgIpc) is 2.88. The summed E-state index contributed by atoms with van der Waals surface area (Å²) in [5.74, 6) is -0.0390. The monoisotopic (exact) mass is 293 g/mol. The Hall–Kier alpha value is -1.42. The number of sulfonamides is 1. The number of nitrogens with zero attached hydrogens (tertiary/aromatic N) is 2. The fourth-order valence-corrected chi connectivity index (χ4v) is 4.45. The summed E-state index contributed by atoms with van der Waals surface area (Å²) in [6.07, 6.45) is 1.81. The van der Waals surface area contributed by atoms with E-state index in [1.165, 1.54) is 0 Å². The topological polar surface area (TPSA) is 73.2 Å². The summed E-state index contributed by atoms with van der Waals surface area (Å²) in [6.45, 7) is 1.27. The number of nitrogens with one attached hydrogen (secondary N) is 1. The van der Waals surface area contributed by atoms with Crippen LogP contribution in [-0.2, 0) is 15.8 Å². The second-order valence-electron chi connectivity index (χ2n) is 5.03. The van der Waals surface area contributed by atoms with Gasteiger partial charge in [-0.05, 0) is 37.6 Å². The molecule has 1 aliphatic rings. The van der Waals surface area contributed by atoms with E-state index in [-0.39, 0.29) is 11.8 Å². The molecule has 6 heteroatoms. The number of nitriles is 1. The van der Waals surface area contributed by atoms with Gasteiger partial charge in [-0.3, -0.25) is 0 Å². The summed E-state index contributed by atoms with van der Waals surface area (Å²) >= 11 is 0. The normalized spacial score (nSPS) is 19.9. The van der Waals surface area contributed by atoms with Gasteiger partial charge < -0.3 is 5.32 Å². The molecule has 1 aliphatic heterocycles. The zero-order chi connectivity index (χ0) is 14.6. The largest absolute Gasteiger partial charge is 0.318 e. The third kappa shape index (κ3) is 3.37. The minimum Gasteiger partial charge on any atom is -0.318 e. The molecular weight excluding hydrogens is 274 g/mol. The first-order valence-corrected chi connectivity index (χ1v) is 8.31. The Kier molecular flexibility index (Phi) is 4.76. The average molecular weight is 293 g/mol. The Labute approximate surface area is 120 Å². The zero-order valence-corrected chi connectivity index (χ0v) is 12.4. The van der Waals surface area contributed by atoms with Crippen LogP contribution in [0.1, 0.15) is 24.0 Å². The lowest BCUT2D eigenvalue weighted by atomic mass is 10.2. The Bertz CT molecular complexity index is 607. The molecule has 1 aromatic rings. The molecule has 0 aromatic heterocycles. The second-order valence-corrected chi connectivity index (χ2v) is 6.95. The molecule has 1 N–H and O–H groups in total. The van der Waals surface area contributed by atoms with E-state index in [2.05, 4.69) is 5.32 Å². The van der Waals surface area contributed by atoms with Crippen LogP contribution in [0, 0.1) is 11.3 Å². The molecular formula is C14H19N3O2S. The van der Waals surface area contributed by atoms with Gasteiger partial charge in [-0.1, -0.05) is 12.1 Å². The Morgan fingerprint density at radius 3 is 3.00 bits per heavy atom. The highest BCUT2D eigenvalue weighted by Crippen LogP contribution is 2.23. The fraction of sp³-hybridized carbons (Fsp3) is 0.500. The lowest BCUT2D eigenvalue weighted by Crippen LogP contribution is -2.41. The molecule has 1 saturated heterocycles. The maximum atomic E-state index is 12.5. The Morgan fingerprint density at radius 1 is 1.50 bits per heavy atom. The van der Waals surface area contributed by atoms with Crippen LogP contribution in [0.25, 0.3) is 0 Å². The predicted molar refractivity (Wildman–Crippen MR) is 77.4 cm³/mol. The van der Waals surface area contributed by atoms with Gasteiger partial charge in [-0.2, -0.15) is 9.57 Å². The van der Waals surface area contributed by atoms with Gasteiger partial charge in [0.15, 0.2) is 0 Å². The van der Waals surface area contributed by atoms with E-state index in [9.17, 15) is 8.42 Å². The van der Waals surface area contributed by atoms with Crippen LogP contribution in [0.4, 0.5) is 0 Å². The van der Waals surface area contributed by atoms with Crippen LogP contribution >= 0.6 is 0 Å². The molecule has 2 rings (SSSR count). The van der Waals surface area contributed by atoms with Crippen molar-refractivity contribution in [3.63, 3.8) is 0 Å². The van der Waals surface area contributed by atoms with Crippen molar-refractivity contribution in [3.05, 3.63) is 35.4 Å². The third-order valence-corrected chi connectivity index (χ3v) is 5.42. The molecule has 1 heterocycles. The molecule has 1 fully saturated rings. The molecule has 0 radical (unpaired) electrons. The molecule has 108 valence electrons. The van der Waals surface area contributed by atoms with Crippen LogP contribution in [0.15, 0.2) is 24.3 Å². The summed E-state index contributed by atoms with van der Waals surface area (Å²) in [6, 6.07) is 8.87. The Morgan fingerprint density at radius 2 is 2.30 bits per heavy atom. The highest BCUT2D eigenvalue weighted by atomic mass is 32.2. The maximum absolute atomic E-state index is 12.5. The second kappa shape index (κ2) is 6.35. The molecule has 20 heavy (non-hydrogen) atoms. The third-order valence-electron chi connectivity index (χ3n) is 3.53. The summed E-state index contributed by atoms with van der Waals surface area (Å²) in [4.78, 5) is 0. The molecule has 0 amide bonds. The maximum Gasteiger partial charge on any atom is 0.218 e. The van der Waals surface area contributed by atoms with Gasteiger partial charge in [-0.15, -0.1) is 0 Å². The first-order chi connectivity index (χ1) is 9.56. The minimum absolute atomic E-state index is 0.0390. The van der Waals surface area contributed by atoms with Gasteiger partial charge in [0.2, 0.25) is 10.0 Å². The first kappa shape index (κ1) is 15.0. The van der Waals surface area contributed by atoms with Crippen LogP contribution in [0.5, 0.6) is 0 Å². The van der Waals surface area contributed by atoms with Crippen molar-refractivity contribution >= 4 is 10.0 Å². The van der Waals surface area contributed by atoms with Crippen LogP contribution in [0.3, 0.4) is 0 Å².